The highest BCUT2D eigenvalue weighted by atomic mass is 16.2. The summed E-state index contributed by atoms with van der Waals surface area (Å²) in [6, 6.07) is 11.8. The van der Waals surface area contributed by atoms with Crippen LogP contribution in [0, 0.1) is 20.8 Å². The zero-order chi connectivity index (χ0) is 19.7. The highest BCUT2D eigenvalue weighted by Crippen LogP contribution is 2.17. The van der Waals surface area contributed by atoms with Gasteiger partial charge in [-0.15, -0.1) is 10.2 Å². The van der Waals surface area contributed by atoms with Crippen LogP contribution in [0.4, 0.5) is 5.82 Å². The van der Waals surface area contributed by atoms with E-state index in [0.29, 0.717) is 18.9 Å². The van der Waals surface area contributed by atoms with Crippen LogP contribution in [-0.2, 0) is 0 Å². The Morgan fingerprint density at radius 1 is 0.857 bits per heavy atom. The Labute approximate surface area is 164 Å². The molecule has 1 fully saturated rings. The lowest BCUT2D eigenvalue weighted by atomic mass is 10.1. The van der Waals surface area contributed by atoms with Crippen LogP contribution in [0.25, 0.3) is 5.82 Å². The Hall–Kier alpha value is -3.22. The van der Waals surface area contributed by atoms with Crippen LogP contribution in [0.1, 0.15) is 27.2 Å². The first kappa shape index (κ1) is 18.2. The van der Waals surface area contributed by atoms with Crippen molar-refractivity contribution in [2.24, 2.45) is 0 Å². The van der Waals surface area contributed by atoms with Gasteiger partial charge in [0.25, 0.3) is 5.91 Å². The lowest BCUT2D eigenvalue weighted by Crippen LogP contribution is -2.49. The third-order valence-electron chi connectivity index (χ3n) is 4.95. The number of aryl methyl sites for hydroxylation is 3. The average molecular weight is 376 g/mol. The topological polar surface area (TPSA) is 67.2 Å². The molecule has 0 atom stereocenters. The number of benzene rings is 1. The van der Waals surface area contributed by atoms with Crippen molar-refractivity contribution < 1.29 is 4.79 Å². The second kappa shape index (κ2) is 7.42. The number of hydrogen-bond donors (Lipinski definition) is 0. The fraction of sp³-hybridized carbons (Fsp3) is 0.333. The third kappa shape index (κ3) is 3.74. The number of aromatic nitrogens is 4. The SMILES string of the molecule is Cc1cc(C)cc(C(=O)N2CCN(c3ccc(-n4ccc(C)n4)nn3)CC2)c1. The Bertz CT molecular complexity index is 966. The number of nitrogens with zero attached hydrogens (tertiary/aromatic N) is 6. The molecule has 0 aliphatic carbocycles. The number of hydrogen-bond acceptors (Lipinski definition) is 5. The van der Waals surface area contributed by atoms with Crippen molar-refractivity contribution in [2.75, 3.05) is 31.1 Å². The van der Waals surface area contributed by atoms with Crippen LogP contribution in [0.2, 0.25) is 0 Å². The lowest BCUT2D eigenvalue weighted by molar-refractivity contribution is 0.0746. The van der Waals surface area contributed by atoms with E-state index in [1.54, 1.807) is 4.68 Å². The molecular weight excluding hydrogens is 352 g/mol. The standard InChI is InChI=1S/C21H24N6O/c1-15-12-16(2)14-18(13-15)21(28)26-10-8-25(9-11-26)19-4-5-20(23-22-19)27-7-6-17(3)24-27/h4-7,12-14H,8-11H2,1-3H3. The first-order valence-corrected chi connectivity index (χ1v) is 9.48. The van der Waals surface area contributed by atoms with Crippen LogP contribution in [0.15, 0.2) is 42.6 Å². The molecule has 0 N–H and O–H groups in total. The Kier molecular flexibility index (Phi) is 4.81. The van der Waals surface area contributed by atoms with Gasteiger partial charge in [0.15, 0.2) is 11.6 Å². The number of carbonyl (C=O) groups is 1. The molecule has 4 rings (SSSR count). The average Bonchev–Trinajstić information content (AvgIpc) is 3.13. The van der Waals surface area contributed by atoms with E-state index in [1.807, 2.05) is 62.2 Å². The molecule has 144 valence electrons. The maximum absolute atomic E-state index is 12.8. The number of amides is 1. The minimum atomic E-state index is 0.0990. The molecule has 0 unspecified atom stereocenters. The smallest absolute Gasteiger partial charge is 0.253 e. The van der Waals surface area contributed by atoms with Gasteiger partial charge in [-0.1, -0.05) is 17.2 Å². The summed E-state index contributed by atoms with van der Waals surface area (Å²) in [6.45, 7) is 8.82. The molecule has 3 heterocycles. The van der Waals surface area contributed by atoms with E-state index in [4.69, 9.17) is 0 Å². The predicted molar refractivity (Wildman–Crippen MR) is 108 cm³/mol. The van der Waals surface area contributed by atoms with Gasteiger partial charge in [0.1, 0.15) is 0 Å². The molecule has 1 aliphatic heterocycles. The van der Waals surface area contributed by atoms with Crippen molar-refractivity contribution in [1.29, 1.82) is 0 Å². The number of rotatable bonds is 3. The minimum absolute atomic E-state index is 0.0990. The molecule has 1 aromatic carbocycles. The number of anilines is 1. The summed E-state index contributed by atoms with van der Waals surface area (Å²) in [5.41, 5.74) is 3.94. The summed E-state index contributed by atoms with van der Waals surface area (Å²) >= 11 is 0. The first-order valence-electron chi connectivity index (χ1n) is 9.48. The van der Waals surface area contributed by atoms with Gasteiger partial charge in [-0.2, -0.15) is 5.10 Å². The van der Waals surface area contributed by atoms with Gasteiger partial charge in [-0.25, -0.2) is 4.68 Å². The van der Waals surface area contributed by atoms with E-state index >= 15 is 0 Å². The molecule has 0 spiro atoms. The van der Waals surface area contributed by atoms with Crippen molar-refractivity contribution in [3.63, 3.8) is 0 Å². The molecule has 1 amide bonds. The molecule has 7 nitrogen and oxygen atoms in total. The quantitative estimate of drug-likeness (QED) is 0.703. The monoisotopic (exact) mass is 376 g/mol. The second-order valence-corrected chi connectivity index (χ2v) is 7.31. The summed E-state index contributed by atoms with van der Waals surface area (Å²) in [5.74, 6) is 1.62. The van der Waals surface area contributed by atoms with E-state index in [-0.39, 0.29) is 5.91 Å². The summed E-state index contributed by atoms with van der Waals surface area (Å²) < 4.78 is 1.71. The van der Waals surface area contributed by atoms with Crippen LogP contribution >= 0.6 is 0 Å². The van der Waals surface area contributed by atoms with Crippen LogP contribution in [-0.4, -0.2) is 57.0 Å². The van der Waals surface area contributed by atoms with E-state index in [0.717, 1.165) is 41.3 Å². The fourth-order valence-electron chi connectivity index (χ4n) is 3.57. The highest BCUT2D eigenvalue weighted by Gasteiger charge is 2.23. The van der Waals surface area contributed by atoms with Crippen molar-refractivity contribution in [3.8, 4) is 5.82 Å². The van der Waals surface area contributed by atoms with E-state index in [1.165, 1.54) is 0 Å². The van der Waals surface area contributed by atoms with Crippen molar-refractivity contribution in [2.45, 2.75) is 20.8 Å². The highest BCUT2D eigenvalue weighted by molar-refractivity contribution is 5.94. The number of piperazine rings is 1. The zero-order valence-electron chi connectivity index (χ0n) is 16.5. The van der Waals surface area contributed by atoms with Crippen LogP contribution in [0.5, 0.6) is 0 Å². The number of carbonyl (C=O) groups excluding carboxylic acids is 1. The Balaban J connectivity index is 1.40. The summed E-state index contributed by atoms with van der Waals surface area (Å²) in [5, 5.41) is 13.0. The van der Waals surface area contributed by atoms with Gasteiger partial charge in [0.05, 0.1) is 5.69 Å². The molecule has 0 bridgehead atoms. The molecule has 0 radical (unpaired) electrons. The third-order valence-corrected chi connectivity index (χ3v) is 4.95. The van der Waals surface area contributed by atoms with Gasteiger partial charge in [0, 0.05) is 37.9 Å². The Morgan fingerprint density at radius 2 is 1.50 bits per heavy atom. The lowest BCUT2D eigenvalue weighted by Gasteiger charge is -2.35. The van der Waals surface area contributed by atoms with Crippen molar-refractivity contribution >= 4 is 11.7 Å². The van der Waals surface area contributed by atoms with Gasteiger partial charge in [0.2, 0.25) is 0 Å². The fourth-order valence-corrected chi connectivity index (χ4v) is 3.57. The van der Waals surface area contributed by atoms with E-state index in [2.05, 4.69) is 26.3 Å². The van der Waals surface area contributed by atoms with E-state index in [9.17, 15) is 4.79 Å². The van der Waals surface area contributed by atoms with Crippen LogP contribution in [0.3, 0.4) is 0 Å². The van der Waals surface area contributed by atoms with Gasteiger partial charge >= 0.3 is 0 Å². The van der Waals surface area contributed by atoms with Gasteiger partial charge < -0.3 is 9.80 Å². The van der Waals surface area contributed by atoms with Crippen LogP contribution < -0.4 is 4.90 Å². The molecule has 2 aromatic heterocycles. The van der Waals surface area contributed by atoms with Gasteiger partial charge in [-0.05, 0) is 51.1 Å². The zero-order valence-corrected chi connectivity index (χ0v) is 16.5. The van der Waals surface area contributed by atoms with Crippen molar-refractivity contribution in [1.82, 2.24) is 24.9 Å². The molecule has 1 aliphatic rings. The first-order chi connectivity index (χ1) is 13.5. The predicted octanol–water partition coefficient (Wildman–Crippen LogP) is 2.55. The van der Waals surface area contributed by atoms with Crippen molar-refractivity contribution in [3.05, 3.63) is 65.0 Å². The minimum Gasteiger partial charge on any atom is -0.352 e. The summed E-state index contributed by atoms with van der Waals surface area (Å²) in [4.78, 5) is 16.9. The maximum Gasteiger partial charge on any atom is 0.253 e. The second-order valence-electron chi connectivity index (χ2n) is 7.31. The molecule has 7 heteroatoms. The Morgan fingerprint density at radius 3 is 2.07 bits per heavy atom. The van der Waals surface area contributed by atoms with Gasteiger partial charge in [-0.3, -0.25) is 4.79 Å². The largest absolute Gasteiger partial charge is 0.352 e. The molecular formula is C21H24N6O. The molecule has 0 saturated carbocycles. The molecule has 1 saturated heterocycles. The maximum atomic E-state index is 12.8. The molecule has 28 heavy (non-hydrogen) atoms. The van der Waals surface area contributed by atoms with E-state index < -0.39 is 0 Å². The summed E-state index contributed by atoms with van der Waals surface area (Å²) in [6.07, 6.45) is 1.87. The molecule has 3 aromatic rings. The normalized spacial score (nSPS) is 14.4. The summed E-state index contributed by atoms with van der Waals surface area (Å²) in [7, 11) is 0.